The highest BCUT2D eigenvalue weighted by Crippen LogP contribution is 2.34. The van der Waals surface area contributed by atoms with E-state index in [0.29, 0.717) is 31.2 Å². The van der Waals surface area contributed by atoms with Gasteiger partial charge in [0.25, 0.3) is 0 Å². The van der Waals surface area contributed by atoms with E-state index >= 15 is 0 Å². The van der Waals surface area contributed by atoms with E-state index in [9.17, 15) is 9.59 Å². The summed E-state index contributed by atoms with van der Waals surface area (Å²) in [4.78, 5) is 28.1. The maximum Gasteiger partial charge on any atom is 0.227 e. The number of amides is 2. The first-order valence-corrected chi connectivity index (χ1v) is 9.54. The number of hydrogen-bond acceptors (Lipinski definition) is 6. The fourth-order valence-corrected chi connectivity index (χ4v) is 3.30. The molecule has 1 saturated carbocycles. The lowest BCUT2D eigenvalue weighted by molar-refractivity contribution is -0.122. The third-order valence-corrected chi connectivity index (χ3v) is 4.88. The predicted molar refractivity (Wildman–Crippen MR) is 97.0 cm³/mol. The minimum atomic E-state index is -0.553. The molecule has 2 amide bonds. The third kappa shape index (κ3) is 5.79. The van der Waals surface area contributed by atoms with Crippen molar-refractivity contribution in [2.24, 2.45) is 11.7 Å². The summed E-state index contributed by atoms with van der Waals surface area (Å²) in [6.45, 7) is 4.60. The number of hydrogen-bond donors (Lipinski definition) is 3. The van der Waals surface area contributed by atoms with Gasteiger partial charge < -0.3 is 20.9 Å². The molecule has 0 radical (unpaired) electrons. The SMILES string of the molecule is CC(=O)NC1(c2noc(CCC(=O)NCC(C)CN)n2)CCCCCC1. The zero-order valence-electron chi connectivity index (χ0n) is 15.8. The molecule has 1 atom stereocenters. The van der Waals surface area contributed by atoms with Crippen LogP contribution in [-0.4, -0.2) is 35.0 Å². The lowest BCUT2D eigenvalue weighted by atomic mass is 9.89. The molecule has 0 aromatic carbocycles. The lowest BCUT2D eigenvalue weighted by Gasteiger charge is -2.30. The van der Waals surface area contributed by atoms with Crippen molar-refractivity contribution in [3.8, 4) is 0 Å². The molecule has 8 heteroatoms. The van der Waals surface area contributed by atoms with Crippen molar-refractivity contribution >= 4 is 11.8 Å². The smallest absolute Gasteiger partial charge is 0.227 e. The third-order valence-electron chi connectivity index (χ3n) is 4.88. The molecule has 1 fully saturated rings. The molecule has 1 unspecified atom stereocenters. The van der Waals surface area contributed by atoms with Gasteiger partial charge in [-0.1, -0.05) is 37.8 Å². The molecule has 0 bridgehead atoms. The van der Waals surface area contributed by atoms with Crippen molar-refractivity contribution in [2.45, 2.75) is 70.8 Å². The Balaban J connectivity index is 1.97. The van der Waals surface area contributed by atoms with Gasteiger partial charge in [-0.2, -0.15) is 4.98 Å². The second-order valence-corrected chi connectivity index (χ2v) is 7.33. The van der Waals surface area contributed by atoms with Gasteiger partial charge in [0.05, 0.1) is 0 Å². The summed E-state index contributed by atoms with van der Waals surface area (Å²) in [7, 11) is 0. The Kier molecular flexibility index (Phi) is 7.56. The van der Waals surface area contributed by atoms with E-state index < -0.39 is 5.54 Å². The summed E-state index contributed by atoms with van der Waals surface area (Å²) in [5, 5.41) is 10.0. The van der Waals surface area contributed by atoms with Gasteiger partial charge in [0.1, 0.15) is 5.54 Å². The first-order valence-electron chi connectivity index (χ1n) is 9.54. The van der Waals surface area contributed by atoms with E-state index in [4.69, 9.17) is 10.3 Å². The van der Waals surface area contributed by atoms with Crippen LogP contribution < -0.4 is 16.4 Å². The Morgan fingerprint density at radius 1 is 1.27 bits per heavy atom. The Hall–Kier alpha value is -1.96. The number of aromatic nitrogens is 2. The number of aryl methyl sites for hydroxylation is 1. The van der Waals surface area contributed by atoms with E-state index in [-0.39, 0.29) is 24.2 Å². The largest absolute Gasteiger partial charge is 0.356 e. The van der Waals surface area contributed by atoms with E-state index in [1.165, 1.54) is 6.92 Å². The molecule has 1 aromatic heterocycles. The molecule has 4 N–H and O–H groups in total. The lowest BCUT2D eigenvalue weighted by Crippen LogP contribution is -2.45. The summed E-state index contributed by atoms with van der Waals surface area (Å²) < 4.78 is 5.35. The number of nitrogens with zero attached hydrogens (tertiary/aromatic N) is 2. The Morgan fingerprint density at radius 2 is 1.96 bits per heavy atom. The molecule has 2 rings (SSSR count). The summed E-state index contributed by atoms with van der Waals surface area (Å²) in [5.41, 5.74) is 4.99. The van der Waals surface area contributed by atoms with Gasteiger partial charge in [0, 0.05) is 26.3 Å². The molecular weight excluding hydrogens is 334 g/mol. The van der Waals surface area contributed by atoms with Crippen LogP contribution in [0.25, 0.3) is 0 Å². The average molecular weight is 365 g/mol. The monoisotopic (exact) mass is 365 g/mol. The highest BCUT2D eigenvalue weighted by Gasteiger charge is 2.38. The minimum Gasteiger partial charge on any atom is -0.356 e. The number of nitrogens with two attached hydrogens (primary N) is 1. The molecule has 1 aliphatic rings. The molecule has 146 valence electrons. The quantitative estimate of drug-likeness (QED) is 0.598. The molecule has 1 aliphatic carbocycles. The topological polar surface area (TPSA) is 123 Å². The predicted octanol–water partition coefficient (Wildman–Crippen LogP) is 1.40. The number of carbonyl (C=O) groups is 2. The summed E-state index contributed by atoms with van der Waals surface area (Å²) in [6, 6.07) is 0. The van der Waals surface area contributed by atoms with E-state index in [2.05, 4.69) is 20.8 Å². The molecule has 26 heavy (non-hydrogen) atoms. The first kappa shape index (κ1) is 20.4. The summed E-state index contributed by atoms with van der Waals surface area (Å²) in [5.74, 6) is 1.06. The van der Waals surface area contributed by atoms with Crippen LogP contribution in [0.2, 0.25) is 0 Å². The molecule has 0 aliphatic heterocycles. The maximum atomic E-state index is 11.9. The van der Waals surface area contributed by atoms with Gasteiger partial charge in [-0.05, 0) is 25.3 Å². The summed E-state index contributed by atoms with van der Waals surface area (Å²) >= 11 is 0. The number of nitrogens with one attached hydrogen (secondary N) is 2. The van der Waals surface area contributed by atoms with Crippen LogP contribution in [0.15, 0.2) is 4.52 Å². The van der Waals surface area contributed by atoms with Crippen molar-refractivity contribution in [1.82, 2.24) is 20.8 Å². The fourth-order valence-electron chi connectivity index (χ4n) is 3.30. The zero-order valence-corrected chi connectivity index (χ0v) is 15.8. The maximum absolute atomic E-state index is 11.9. The average Bonchev–Trinajstić information content (AvgIpc) is 2.98. The van der Waals surface area contributed by atoms with Crippen LogP contribution >= 0.6 is 0 Å². The Bertz CT molecular complexity index is 593. The van der Waals surface area contributed by atoms with Gasteiger partial charge in [0.2, 0.25) is 17.7 Å². The van der Waals surface area contributed by atoms with Gasteiger partial charge in [-0.15, -0.1) is 0 Å². The molecule has 1 aromatic rings. The number of carbonyl (C=O) groups excluding carboxylic acids is 2. The first-order chi connectivity index (χ1) is 12.4. The molecule has 0 spiro atoms. The van der Waals surface area contributed by atoms with Crippen LogP contribution in [-0.2, 0) is 21.5 Å². The zero-order chi connectivity index (χ0) is 19.0. The van der Waals surface area contributed by atoms with E-state index in [0.717, 1.165) is 38.5 Å². The minimum absolute atomic E-state index is 0.0592. The molecular formula is C18H31N5O3. The molecule has 1 heterocycles. The molecule has 0 saturated heterocycles. The van der Waals surface area contributed by atoms with Crippen molar-refractivity contribution < 1.29 is 14.1 Å². The van der Waals surface area contributed by atoms with Crippen molar-refractivity contribution in [3.63, 3.8) is 0 Å². The van der Waals surface area contributed by atoms with Crippen LogP contribution in [0.5, 0.6) is 0 Å². The fraction of sp³-hybridized carbons (Fsp3) is 0.778. The molecule has 8 nitrogen and oxygen atoms in total. The second kappa shape index (κ2) is 9.66. The highest BCUT2D eigenvalue weighted by atomic mass is 16.5. The highest BCUT2D eigenvalue weighted by molar-refractivity contribution is 5.76. The number of rotatable bonds is 8. The van der Waals surface area contributed by atoms with Crippen molar-refractivity contribution in [3.05, 3.63) is 11.7 Å². The van der Waals surface area contributed by atoms with Gasteiger partial charge in [0.15, 0.2) is 5.82 Å². The van der Waals surface area contributed by atoms with Crippen LogP contribution in [0.1, 0.15) is 70.5 Å². The van der Waals surface area contributed by atoms with E-state index in [1.807, 2.05) is 6.92 Å². The van der Waals surface area contributed by atoms with Crippen LogP contribution in [0.4, 0.5) is 0 Å². The van der Waals surface area contributed by atoms with E-state index in [1.54, 1.807) is 0 Å². The van der Waals surface area contributed by atoms with Crippen LogP contribution in [0.3, 0.4) is 0 Å². The van der Waals surface area contributed by atoms with Gasteiger partial charge in [-0.25, -0.2) is 0 Å². The van der Waals surface area contributed by atoms with Gasteiger partial charge in [-0.3, -0.25) is 9.59 Å². The normalized spacial score (nSPS) is 18.0. The second-order valence-electron chi connectivity index (χ2n) is 7.33. The standard InChI is InChI=1S/C18H31N5O3/c1-13(11-19)12-20-15(25)7-8-16-21-17(23-26-16)18(22-14(2)24)9-5-3-4-6-10-18/h13H,3-12,19H2,1-2H3,(H,20,25)(H,22,24). The Morgan fingerprint density at radius 3 is 2.58 bits per heavy atom. The van der Waals surface area contributed by atoms with Crippen molar-refractivity contribution in [2.75, 3.05) is 13.1 Å². The summed E-state index contributed by atoms with van der Waals surface area (Å²) in [6.07, 6.45) is 6.61. The Labute approximate surface area is 154 Å². The van der Waals surface area contributed by atoms with Crippen LogP contribution in [0, 0.1) is 5.92 Å². The van der Waals surface area contributed by atoms with Gasteiger partial charge >= 0.3 is 0 Å². The van der Waals surface area contributed by atoms with Crippen molar-refractivity contribution in [1.29, 1.82) is 0 Å².